The Hall–Kier alpha value is -0.980. The van der Waals surface area contributed by atoms with Gasteiger partial charge in [-0.05, 0) is 36.6 Å². The Balaban J connectivity index is 2.67. The Morgan fingerprint density at radius 2 is 1.94 bits per heavy atom. The van der Waals surface area contributed by atoms with Gasteiger partial charge in [-0.15, -0.1) is 0 Å². The van der Waals surface area contributed by atoms with Gasteiger partial charge in [-0.1, -0.05) is 13.3 Å². The number of aliphatic hydroxyl groups is 1. The van der Waals surface area contributed by atoms with Gasteiger partial charge in [-0.25, -0.2) is 17.5 Å². The summed E-state index contributed by atoms with van der Waals surface area (Å²) in [5, 5.41) is 8.83. The van der Waals surface area contributed by atoms with Crippen LogP contribution in [0.2, 0.25) is 0 Å². The Morgan fingerprint density at radius 1 is 1.33 bits per heavy atom. The van der Waals surface area contributed by atoms with Crippen LogP contribution in [-0.4, -0.2) is 26.7 Å². The lowest BCUT2D eigenvalue weighted by molar-refractivity contribution is 0.254. The van der Waals surface area contributed by atoms with E-state index in [1.165, 1.54) is 12.1 Å². The summed E-state index contributed by atoms with van der Waals surface area (Å²) in [6.07, 6.45) is 1.34. The summed E-state index contributed by atoms with van der Waals surface area (Å²) in [6.45, 7) is 2.25. The zero-order valence-electron chi connectivity index (χ0n) is 10.3. The fourth-order valence-corrected chi connectivity index (χ4v) is 2.67. The van der Waals surface area contributed by atoms with Gasteiger partial charge in [0.05, 0.1) is 4.90 Å². The molecule has 102 valence electrons. The van der Waals surface area contributed by atoms with Crippen molar-refractivity contribution in [3.8, 4) is 0 Å². The average Bonchev–Trinajstić information content (AvgIpc) is 2.35. The van der Waals surface area contributed by atoms with Crippen molar-refractivity contribution in [1.82, 2.24) is 4.72 Å². The summed E-state index contributed by atoms with van der Waals surface area (Å²) in [6, 6.07) is 4.68. The van der Waals surface area contributed by atoms with E-state index < -0.39 is 15.8 Å². The summed E-state index contributed by atoms with van der Waals surface area (Å²) in [4.78, 5) is 0.0442. The lowest BCUT2D eigenvalue weighted by Crippen LogP contribution is -2.29. The van der Waals surface area contributed by atoms with E-state index in [1.54, 1.807) is 0 Å². The second-order valence-corrected chi connectivity index (χ2v) is 5.86. The van der Waals surface area contributed by atoms with Crippen LogP contribution in [0.25, 0.3) is 0 Å². The SMILES string of the molecule is CCC(CCO)CNS(=O)(=O)c1ccc(F)cc1. The van der Waals surface area contributed by atoms with E-state index in [0.717, 1.165) is 18.6 Å². The third-order valence-corrected chi connectivity index (χ3v) is 4.24. The van der Waals surface area contributed by atoms with E-state index in [4.69, 9.17) is 5.11 Å². The van der Waals surface area contributed by atoms with Gasteiger partial charge in [0.1, 0.15) is 5.82 Å². The van der Waals surface area contributed by atoms with Gasteiger partial charge in [0, 0.05) is 13.2 Å². The second-order valence-electron chi connectivity index (χ2n) is 4.09. The highest BCUT2D eigenvalue weighted by Gasteiger charge is 2.15. The van der Waals surface area contributed by atoms with E-state index in [9.17, 15) is 12.8 Å². The van der Waals surface area contributed by atoms with E-state index >= 15 is 0 Å². The van der Waals surface area contributed by atoms with E-state index in [1.807, 2.05) is 6.92 Å². The normalized spacial score (nSPS) is 13.5. The van der Waals surface area contributed by atoms with Crippen LogP contribution in [0.4, 0.5) is 4.39 Å². The van der Waals surface area contributed by atoms with Gasteiger partial charge in [0.25, 0.3) is 0 Å². The van der Waals surface area contributed by atoms with Crippen molar-refractivity contribution in [3.05, 3.63) is 30.1 Å². The van der Waals surface area contributed by atoms with Gasteiger partial charge in [-0.3, -0.25) is 0 Å². The summed E-state index contributed by atoms with van der Waals surface area (Å²) in [5.74, 6) is -0.370. The highest BCUT2D eigenvalue weighted by molar-refractivity contribution is 7.89. The molecule has 18 heavy (non-hydrogen) atoms. The van der Waals surface area contributed by atoms with Gasteiger partial charge >= 0.3 is 0 Å². The first-order valence-corrected chi connectivity index (χ1v) is 7.34. The predicted molar refractivity (Wildman–Crippen MR) is 67.1 cm³/mol. The molecule has 0 spiro atoms. The first kappa shape index (κ1) is 15.1. The Kier molecular flexibility index (Phi) is 5.71. The average molecular weight is 275 g/mol. The molecule has 1 atom stereocenters. The lowest BCUT2D eigenvalue weighted by atomic mass is 10.0. The molecule has 0 aliphatic heterocycles. The Morgan fingerprint density at radius 3 is 2.44 bits per heavy atom. The number of hydrogen-bond donors (Lipinski definition) is 2. The minimum Gasteiger partial charge on any atom is -0.396 e. The van der Waals surface area contributed by atoms with Crippen LogP contribution in [0, 0.1) is 11.7 Å². The molecule has 0 fully saturated rings. The fraction of sp³-hybridized carbons (Fsp3) is 0.500. The van der Waals surface area contributed by atoms with Crippen molar-refractivity contribution >= 4 is 10.0 Å². The molecule has 1 aromatic carbocycles. The van der Waals surface area contributed by atoms with Gasteiger partial charge < -0.3 is 5.11 Å². The van der Waals surface area contributed by atoms with Gasteiger partial charge in [0.15, 0.2) is 0 Å². The quantitative estimate of drug-likeness (QED) is 0.792. The molecule has 0 saturated heterocycles. The molecular weight excluding hydrogens is 257 g/mol. The molecule has 6 heteroatoms. The van der Waals surface area contributed by atoms with Crippen molar-refractivity contribution in [2.24, 2.45) is 5.92 Å². The topological polar surface area (TPSA) is 66.4 Å². The summed E-state index contributed by atoms with van der Waals surface area (Å²) < 4.78 is 38.9. The van der Waals surface area contributed by atoms with Crippen LogP contribution in [0.15, 0.2) is 29.2 Å². The Labute approximate surface area is 107 Å². The maximum absolute atomic E-state index is 12.7. The number of hydrogen-bond acceptors (Lipinski definition) is 3. The maximum atomic E-state index is 12.7. The van der Waals surface area contributed by atoms with Crippen molar-refractivity contribution in [2.45, 2.75) is 24.7 Å². The third-order valence-electron chi connectivity index (χ3n) is 2.80. The van der Waals surface area contributed by atoms with Crippen molar-refractivity contribution in [1.29, 1.82) is 0 Å². The fourth-order valence-electron chi connectivity index (χ4n) is 1.56. The minimum atomic E-state index is -3.60. The summed E-state index contributed by atoms with van der Waals surface area (Å²) in [7, 11) is -3.60. The molecule has 1 unspecified atom stereocenters. The molecule has 0 aromatic heterocycles. The molecule has 2 N–H and O–H groups in total. The van der Waals surface area contributed by atoms with Crippen LogP contribution < -0.4 is 4.72 Å². The summed E-state index contributed by atoms with van der Waals surface area (Å²) in [5.41, 5.74) is 0. The van der Waals surface area contributed by atoms with Crippen LogP contribution in [0.3, 0.4) is 0 Å². The number of halogens is 1. The van der Waals surface area contributed by atoms with Crippen LogP contribution in [0.1, 0.15) is 19.8 Å². The van der Waals surface area contributed by atoms with Crippen molar-refractivity contribution in [2.75, 3.05) is 13.2 Å². The molecule has 1 rings (SSSR count). The third kappa shape index (κ3) is 4.36. The molecule has 0 aliphatic carbocycles. The molecule has 1 aromatic rings. The number of nitrogens with one attached hydrogen (secondary N) is 1. The number of rotatable bonds is 7. The lowest BCUT2D eigenvalue weighted by Gasteiger charge is -2.14. The van der Waals surface area contributed by atoms with Gasteiger partial charge in [-0.2, -0.15) is 0 Å². The van der Waals surface area contributed by atoms with Crippen LogP contribution >= 0.6 is 0 Å². The van der Waals surface area contributed by atoms with Crippen molar-refractivity contribution in [3.63, 3.8) is 0 Å². The smallest absolute Gasteiger partial charge is 0.240 e. The Bertz CT molecular complexity index is 459. The highest BCUT2D eigenvalue weighted by Crippen LogP contribution is 2.11. The zero-order valence-corrected chi connectivity index (χ0v) is 11.1. The zero-order chi connectivity index (χ0) is 13.6. The first-order valence-electron chi connectivity index (χ1n) is 5.85. The van der Waals surface area contributed by atoms with Crippen LogP contribution in [0.5, 0.6) is 0 Å². The van der Waals surface area contributed by atoms with E-state index in [2.05, 4.69) is 4.72 Å². The van der Waals surface area contributed by atoms with Crippen LogP contribution in [-0.2, 0) is 10.0 Å². The molecule has 0 amide bonds. The minimum absolute atomic E-state index is 0.0385. The highest BCUT2D eigenvalue weighted by atomic mass is 32.2. The molecule has 4 nitrogen and oxygen atoms in total. The number of benzene rings is 1. The number of aliphatic hydroxyl groups excluding tert-OH is 1. The standard InChI is InChI=1S/C12H18FNO3S/c1-2-10(7-8-15)9-14-18(16,17)12-5-3-11(13)4-6-12/h3-6,10,14-15H,2,7-9H2,1H3. The second kappa shape index (κ2) is 6.82. The number of sulfonamides is 1. The molecule has 0 heterocycles. The first-order chi connectivity index (χ1) is 8.49. The van der Waals surface area contributed by atoms with Gasteiger partial charge in [0.2, 0.25) is 10.0 Å². The maximum Gasteiger partial charge on any atom is 0.240 e. The van der Waals surface area contributed by atoms with E-state index in [-0.39, 0.29) is 24.0 Å². The largest absolute Gasteiger partial charge is 0.396 e. The monoisotopic (exact) mass is 275 g/mol. The molecule has 0 aliphatic rings. The molecule has 0 radical (unpaired) electrons. The molecular formula is C12H18FNO3S. The predicted octanol–water partition coefficient (Wildman–Crippen LogP) is 1.51. The van der Waals surface area contributed by atoms with E-state index in [0.29, 0.717) is 6.42 Å². The van der Waals surface area contributed by atoms with Crippen molar-refractivity contribution < 1.29 is 17.9 Å². The molecule has 0 saturated carbocycles. The molecule has 0 bridgehead atoms. The summed E-state index contributed by atoms with van der Waals surface area (Å²) >= 11 is 0.